The molecule has 1 aliphatic carbocycles. The quantitative estimate of drug-likeness (QED) is 0.799. The molecule has 0 bridgehead atoms. The van der Waals surface area contributed by atoms with E-state index in [1.165, 1.54) is 0 Å². The second kappa shape index (κ2) is 7.64. The molecule has 1 aromatic heterocycles. The van der Waals surface area contributed by atoms with E-state index in [9.17, 15) is 4.79 Å². The SMILES string of the molecule is O=C(C1CC1)N1CCC2(CC1)CC(N1CCN(c3ccccn3)CC1)CCO2. The van der Waals surface area contributed by atoms with Crippen molar-refractivity contribution < 1.29 is 9.53 Å². The van der Waals surface area contributed by atoms with Gasteiger partial charge in [0.25, 0.3) is 0 Å². The molecular weight excluding hydrogens is 352 g/mol. The summed E-state index contributed by atoms with van der Waals surface area (Å²) in [6.45, 7) is 6.93. The molecule has 6 heteroatoms. The first-order valence-electron chi connectivity index (χ1n) is 11.1. The smallest absolute Gasteiger partial charge is 0.225 e. The third-order valence-electron chi connectivity index (χ3n) is 7.18. The predicted octanol–water partition coefficient (Wildman–Crippen LogP) is 2.15. The molecule has 1 atom stereocenters. The Balaban J connectivity index is 1.15. The molecule has 3 aliphatic heterocycles. The Bertz CT molecular complexity index is 677. The molecule has 0 radical (unpaired) electrons. The molecule has 4 fully saturated rings. The van der Waals surface area contributed by atoms with Crippen LogP contribution >= 0.6 is 0 Å². The number of carbonyl (C=O) groups excluding carboxylic acids is 1. The first kappa shape index (κ1) is 18.4. The molecule has 1 amide bonds. The van der Waals surface area contributed by atoms with Gasteiger partial charge >= 0.3 is 0 Å². The molecule has 28 heavy (non-hydrogen) atoms. The van der Waals surface area contributed by atoms with Gasteiger partial charge in [-0.1, -0.05) is 6.07 Å². The van der Waals surface area contributed by atoms with Crippen molar-refractivity contribution in [1.29, 1.82) is 0 Å². The van der Waals surface area contributed by atoms with Crippen LogP contribution < -0.4 is 4.90 Å². The summed E-state index contributed by atoms with van der Waals surface area (Å²) in [4.78, 5) is 24.0. The third kappa shape index (κ3) is 3.77. The van der Waals surface area contributed by atoms with Crippen molar-refractivity contribution in [2.45, 2.75) is 50.2 Å². The highest BCUT2D eigenvalue weighted by Crippen LogP contribution is 2.39. The van der Waals surface area contributed by atoms with Gasteiger partial charge in [0.15, 0.2) is 0 Å². The molecule has 1 aromatic rings. The van der Waals surface area contributed by atoms with Crippen molar-refractivity contribution in [3.05, 3.63) is 24.4 Å². The number of piperazine rings is 1. The van der Waals surface area contributed by atoms with Crippen LogP contribution in [0.2, 0.25) is 0 Å². The Morgan fingerprint density at radius 1 is 1.04 bits per heavy atom. The molecule has 0 N–H and O–H groups in total. The number of amides is 1. The maximum absolute atomic E-state index is 12.4. The molecule has 4 heterocycles. The van der Waals surface area contributed by atoms with E-state index < -0.39 is 0 Å². The molecule has 1 spiro atoms. The van der Waals surface area contributed by atoms with E-state index in [2.05, 4.69) is 31.8 Å². The van der Waals surface area contributed by atoms with Gasteiger partial charge in [0.1, 0.15) is 5.82 Å². The van der Waals surface area contributed by atoms with Crippen molar-refractivity contribution in [2.75, 3.05) is 50.8 Å². The summed E-state index contributed by atoms with van der Waals surface area (Å²) in [5, 5.41) is 0. The van der Waals surface area contributed by atoms with Gasteiger partial charge in [-0.25, -0.2) is 4.98 Å². The summed E-state index contributed by atoms with van der Waals surface area (Å²) in [6, 6.07) is 6.77. The molecule has 4 aliphatic rings. The topological polar surface area (TPSA) is 48.9 Å². The van der Waals surface area contributed by atoms with E-state index in [0.29, 0.717) is 17.9 Å². The fraction of sp³-hybridized carbons (Fsp3) is 0.727. The van der Waals surface area contributed by atoms with E-state index >= 15 is 0 Å². The number of rotatable bonds is 3. The normalized spacial score (nSPS) is 28.5. The van der Waals surface area contributed by atoms with E-state index in [1.807, 2.05) is 12.3 Å². The Morgan fingerprint density at radius 2 is 1.82 bits per heavy atom. The zero-order valence-electron chi connectivity index (χ0n) is 16.8. The third-order valence-corrected chi connectivity index (χ3v) is 7.18. The minimum atomic E-state index is 0.00136. The Hall–Kier alpha value is -1.66. The van der Waals surface area contributed by atoms with Crippen LogP contribution in [0.3, 0.4) is 0 Å². The average Bonchev–Trinajstić information content (AvgIpc) is 3.60. The van der Waals surface area contributed by atoms with E-state index in [0.717, 1.165) is 90.2 Å². The molecule has 3 saturated heterocycles. The zero-order valence-corrected chi connectivity index (χ0v) is 16.8. The van der Waals surface area contributed by atoms with Crippen LogP contribution in [0, 0.1) is 5.92 Å². The molecular formula is C22H32N4O2. The fourth-order valence-corrected chi connectivity index (χ4v) is 5.24. The Morgan fingerprint density at radius 3 is 2.50 bits per heavy atom. The highest BCUT2D eigenvalue weighted by atomic mass is 16.5. The van der Waals surface area contributed by atoms with Crippen LogP contribution in [-0.4, -0.2) is 78.2 Å². The average molecular weight is 385 g/mol. The number of piperidine rings is 1. The van der Waals surface area contributed by atoms with Crippen molar-refractivity contribution in [1.82, 2.24) is 14.8 Å². The molecule has 152 valence electrons. The van der Waals surface area contributed by atoms with E-state index in [1.54, 1.807) is 0 Å². The molecule has 0 aromatic carbocycles. The number of likely N-dealkylation sites (tertiary alicyclic amines) is 1. The van der Waals surface area contributed by atoms with Gasteiger partial charge < -0.3 is 14.5 Å². The number of carbonyl (C=O) groups is 1. The molecule has 1 saturated carbocycles. The van der Waals surface area contributed by atoms with Gasteiger partial charge in [-0.05, 0) is 50.7 Å². The minimum Gasteiger partial charge on any atom is -0.375 e. The minimum absolute atomic E-state index is 0.00136. The number of nitrogens with zero attached hydrogens (tertiary/aromatic N) is 4. The van der Waals surface area contributed by atoms with Crippen molar-refractivity contribution in [2.24, 2.45) is 5.92 Å². The van der Waals surface area contributed by atoms with Crippen molar-refractivity contribution in [3.8, 4) is 0 Å². The second-order valence-corrected chi connectivity index (χ2v) is 8.99. The zero-order chi connectivity index (χ0) is 19.0. The van der Waals surface area contributed by atoms with Crippen LogP contribution in [-0.2, 0) is 9.53 Å². The van der Waals surface area contributed by atoms with Crippen molar-refractivity contribution in [3.63, 3.8) is 0 Å². The predicted molar refractivity (Wildman–Crippen MR) is 108 cm³/mol. The van der Waals surface area contributed by atoms with Gasteiger partial charge in [-0.2, -0.15) is 0 Å². The summed E-state index contributed by atoms with van der Waals surface area (Å²) in [6.07, 6.45) is 8.36. The van der Waals surface area contributed by atoms with E-state index in [4.69, 9.17) is 4.74 Å². The number of ether oxygens (including phenoxy) is 1. The summed E-state index contributed by atoms with van der Waals surface area (Å²) in [7, 11) is 0. The highest BCUT2D eigenvalue weighted by Gasteiger charge is 2.44. The number of hydrogen-bond acceptors (Lipinski definition) is 5. The lowest BCUT2D eigenvalue weighted by molar-refractivity contribution is -0.150. The van der Waals surface area contributed by atoms with Gasteiger partial charge in [-0.15, -0.1) is 0 Å². The van der Waals surface area contributed by atoms with E-state index in [-0.39, 0.29) is 5.60 Å². The van der Waals surface area contributed by atoms with Gasteiger partial charge in [-0.3, -0.25) is 9.69 Å². The van der Waals surface area contributed by atoms with Crippen LogP contribution in [0.15, 0.2) is 24.4 Å². The standard InChI is InChI=1S/C22H32N4O2/c27-21(18-4-5-18)26-10-7-22(8-11-26)17-19(6-16-28-22)24-12-14-25(15-13-24)20-3-1-2-9-23-20/h1-3,9,18-19H,4-8,10-17H2. The summed E-state index contributed by atoms with van der Waals surface area (Å²) in [5.41, 5.74) is 0.00136. The van der Waals surface area contributed by atoms with Crippen LogP contribution in [0.1, 0.15) is 38.5 Å². The first-order chi connectivity index (χ1) is 13.7. The maximum Gasteiger partial charge on any atom is 0.225 e. The van der Waals surface area contributed by atoms with Crippen LogP contribution in [0.4, 0.5) is 5.82 Å². The number of anilines is 1. The van der Waals surface area contributed by atoms with Crippen LogP contribution in [0.5, 0.6) is 0 Å². The summed E-state index contributed by atoms with van der Waals surface area (Å²) in [5.74, 6) is 1.83. The highest BCUT2D eigenvalue weighted by molar-refractivity contribution is 5.81. The molecule has 5 rings (SSSR count). The fourth-order valence-electron chi connectivity index (χ4n) is 5.24. The second-order valence-electron chi connectivity index (χ2n) is 8.99. The van der Waals surface area contributed by atoms with Gasteiger partial charge in [0.2, 0.25) is 5.91 Å². The molecule has 6 nitrogen and oxygen atoms in total. The lowest BCUT2D eigenvalue weighted by Gasteiger charge is -2.49. The number of hydrogen-bond donors (Lipinski definition) is 0. The Labute approximate surface area is 167 Å². The summed E-state index contributed by atoms with van der Waals surface area (Å²) >= 11 is 0. The van der Waals surface area contributed by atoms with Crippen molar-refractivity contribution >= 4 is 11.7 Å². The lowest BCUT2D eigenvalue weighted by Crippen LogP contribution is -2.57. The monoisotopic (exact) mass is 384 g/mol. The molecule has 1 unspecified atom stereocenters. The lowest BCUT2D eigenvalue weighted by atomic mass is 9.81. The first-order valence-corrected chi connectivity index (χ1v) is 11.1. The number of aromatic nitrogens is 1. The van der Waals surface area contributed by atoms with Gasteiger partial charge in [0.05, 0.1) is 5.60 Å². The van der Waals surface area contributed by atoms with Gasteiger partial charge in [0, 0.05) is 64.0 Å². The van der Waals surface area contributed by atoms with Crippen LogP contribution in [0.25, 0.3) is 0 Å². The largest absolute Gasteiger partial charge is 0.375 e. The summed E-state index contributed by atoms with van der Waals surface area (Å²) < 4.78 is 6.34. The Kier molecular flexibility index (Phi) is 5.01. The maximum atomic E-state index is 12.4. The number of pyridine rings is 1.